The van der Waals surface area contributed by atoms with Crippen molar-refractivity contribution in [1.29, 1.82) is 0 Å². The van der Waals surface area contributed by atoms with Crippen molar-refractivity contribution in [2.45, 2.75) is 11.8 Å². The number of sulfonamides is 1. The number of aromatic nitrogens is 1. The number of rotatable bonds is 6. The van der Waals surface area contributed by atoms with Gasteiger partial charge < -0.3 is 4.74 Å². The van der Waals surface area contributed by atoms with E-state index in [1.54, 1.807) is 18.2 Å². The third-order valence-corrected chi connectivity index (χ3v) is 5.88. The molecule has 0 aliphatic carbocycles. The quantitative estimate of drug-likeness (QED) is 0.493. The summed E-state index contributed by atoms with van der Waals surface area (Å²) in [4.78, 5) is 14.5. The van der Waals surface area contributed by atoms with Gasteiger partial charge >= 0.3 is 0 Å². The van der Waals surface area contributed by atoms with Crippen LogP contribution >= 0.6 is 11.3 Å². The Balaban J connectivity index is 1.97. The van der Waals surface area contributed by atoms with Crippen molar-refractivity contribution < 1.29 is 18.1 Å². The molecule has 1 heterocycles. The first-order valence-electron chi connectivity index (χ1n) is 7.68. The second-order valence-corrected chi connectivity index (χ2v) is 8.24. The Labute approximate surface area is 159 Å². The van der Waals surface area contributed by atoms with Crippen molar-refractivity contribution in [3.8, 4) is 17.0 Å². The lowest BCUT2D eigenvalue weighted by atomic mass is 10.1. The van der Waals surface area contributed by atoms with Crippen LogP contribution in [0.1, 0.15) is 5.01 Å². The molecule has 0 atom stereocenters. The maximum Gasteiger partial charge on any atom is 0.293 e. The highest BCUT2D eigenvalue weighted by atomic mass is 32.2. The van der Waals surface area contributed by atoms with Crippen LogP contribution in [0.3, 0.4) is 0 Å². The Bertz CT molecular complexity index is 1110. The average molecular weight is 405 g/mol. The maximum absolute atomic E-state index is 12.7. The van der Waals surface area contributed by atoms with Crippen LogP contribution < -0.4 is 9.46 Å². The zero-order valence-corrected chi connectivity index (χ0v) is 16.0. The second-order valence-electron chi connectivity index (χ2n) is 5.53. The molecule has 0 fully saturated rings. The Morgan fingerprint density at radius 3 is 2.63 bits per heavy atom. The molecular formula is C17H15N3O5S2. The number of nitrogens with one attached hydrogen (secondary N) is 1. The van der Waals surface area contributed by atoms with Gasteiger partial charge in [-0.15, -0.1) is 11.3 Å². The van der Waals surface area contributed by atoms with Gasteiger partial charge in [-0.25, -0.2) is 13.4 Å². The van der Waals surface area contributed by atoms with Gasteiger partial charge in [0.2, 0.25) is 0 Å². The summed E-state index contributed by atoms with van der Waals surface area (Å²) in [6, 6.07) is 10.3. The first-order chi connectivity index (χ1) is 12.8. The number of nitrogens with zero attached hydrogens (tertiary/aromatic N) is 2. The molecule has 8 nitrogen and oxygen atoms in total. The highest BCUT2D eigenvalue weighted by Crippen LogP contribution is 2.31. The molecule has 0 aliphatic rings. The van der Waals surface area contributed by atoms with Crippen LogP contribution in [-0.2, 0) is 10.0 Å². The molecule has 0 unspecified atom stereocenters. The summed E-state index contributed by atoms with van der Waals surface area (Å²) in [6.07, 6.45) is 0. The molecule has 3 aromatic rings. The van der Waals surface area contributed by atoms with Crippen molar-refractivity contribution in [1.82, 2.24) is 4.98 Å². The summed E-state index contributed by atoms with van der Waals surface area (Å²) in [5.74, 6) is 0.196. The normalized spacial score (nSPS) is 11.2. The SMILES string of the molecule is COc1ccc(S(=O)(=O)Nc2cccc(-c3csc(C)n3)c2)c([N+](=O)[O-])c1. The summed E-state index contributed by atoms with van der Waals surface area (Å²) in [7, 11) is -2.83. The average Bonchev–Trinajstić information content (AvgIpc) is 3.07. The fourth-order valence-corrected chi connectivity index (χ4v) is 4.27. The van der Waals surface area contributed by atoms with E-state index < -0.39 is 25.5 Å². The molecule has 0 bridgehead atoms. The van der Waals surface area contributed by atoms with Gasteiger partial charge in [-0.3, -0.25) is 14.8 Å². The van der Waals surface area contributed by atoms with E-state index in [9.17, 15) is 18.5 Å². The summed E-state index contributed by atoms with van der Waals surface area (Å²) in [5, 5.41) is 14.0. The van der Waals surface area contributed by atoms with Crippen LogP contribution in [0.25, 0.3) is 11.3 Å². The predicted molar refractivity (Wildman–Crippen MR) is 103 cm³/mol. The zero-order chi connectivity index (χ0) is 19.6. The fraction of sp³-hybridized carbons (Fsp3) is 0.118. The lowest BCUT2D eigenvalue weighted by Crippen LogP contribution is -2.14. The van der Waals surface area contributed by atoms with Crippen molar-refractivity contribution in [2.75, 3.05) is 11.8 Å². The number of anilines is 1. The lowest BCUT2D eigenvalue weighted by molar-refractivity contribution is -0.387. The molecule has 2 aromatic carbocycles. The third-order valence-electron chi connectivity index (χ3n) is 3.68. The van der Waals surface area contributed by atoms with E-state index >= 15 is 0 Å². The minimum absolute atomic E-state index is 0.196. The molecule has 3 rings (SSSR count). The number of hydrogen-bond donors (Lipinski definition) is 1. The Hall–Kier alpha value is -2.98. The summed E-state index contributed by atoms with van der Waals surface area (Å²) < 4.78 is 32.7. The number of ether oxygens (including phenoxy) is 1. The number of nitro groups is 1. The molecule has 0 amide bonds. The zero-order valence-electron chi connectivity index (χ0n) is 14.4. The largest absolute Gasteiger partial charge is 0.497 e. The first kappa shape index (κ1) is 18.8. The summed E-state index contributed by atoms with van der Waals surface area (Å²) in [5.41, 5.74) is 1.19. The van der Waals surface area contributed by atoms with Crippen LogP contribution in [-0.4, -0.2) is 25.4 Å². The molecule has 1 N–H and O–H groups in total. The molecule has 0 aliphatic heterocycles. The molecule has 10 heteroatoms. The van der Waals surface area contributed by atoms with Gasteiger partial charge in [0, 0.05) is 16.6 Å². The van der Waals surface area contributed by atoms with Crippen molar-refractivity contribution >= 4 is 32.7 Å². The standard InChI is InChI=1S/C17H15N3O5S2/c1-11-18-15(10-26-11)12-4-3-5-13(8-12)19-27(23,24)17-7-6-14(25-2)9-16(17)20(21)22/h3-10,19H,1-2H3. The number of aryl methyl sites for hydroxylation is 1. The van der Waals surface area contributed by atoms with Gasteiger partial charge in [-0.2, -0.15) is 0 Å². The van der Waals surface area contributed by atoms with Gasteiger partial charge in [0.15, 0.2) is 4.90 Å². The van der Waals surface area contributed by atoms with Crippen molar-refractivity contribution in [3.63, 3.8) is 0 Å². The van der Waals surface area contributed by atoms with Crippen LogP contribution in [0, 0.1) is 17.0 Å². The molecule has 1 aromatic heterocycles. The van der Waals surface area contributed by atoms with Crippen molar-refractivity contribution in [3.05, 3.63) is 63.0 Å². The van der Waals surface area contributed by atoms with E-state index in [2.05, 4.69) is 9.71 Å². The second kappa shape index (κ2) is 7.33. The van der Waals surface area contributed by atoms with Gasteiger partial charge in [0.1, 0.15) is 5.75 Å². The first-order valence-corrected chi connectivity index (χ1v) is 10.0. The molecule has 0 saturated heterocycles. The van der Waals surface area contributed by atoms with E-state index in [0.29, 0.717) is 0 Å². The molecule has 27 heavy (non-hydrogen) atoms. The summed E-state index contributed by atoms with van der Waals surface area (Å²) >= 11 is 1.49. The third kappa shape index (κ3) is 4.07. The lowest BCUT2D eigenvalue weighted by Gasteiger charge is -2.10. The Morgan fingerprint density at radius 1 is 1.22 bits per heavy atom. The number of nitro benzene ring substituents is 1. The van der Waals surface area contributed by atoms with Crippen LogP contribution in [0.5, 0.6) is 5.75 Å². The number of methoxy groups -OCH3 is 1. The Morgan fingerprint density at radius 2 is 2.00 bits per heavy atom. The fourth-order valence-electron chi connectivity index (χ4n) is 2.44. The van der Waals surface area contributed by atoms with E-state index in [-0.39, 0.29) is 11.4 Å². The van der Waals surface area contributed by atoms with E-state index in [4.69, 9.17) is 4.74 Å². The molecule has 0 radical (unpaired) electrons. The molecular weight excluding hydrogens is 390 g/mol. The van der Waals surface area contributed by atoms with E-state index in [1.807, 2.05) is 18.4 Å². The monoisotopic (exact) mass is 405 g/mol. The van der Waals surface area contributed by atoms with Gasteiger partial charge in [0.05, 0.1) is 28.8 Å². The van der Waals surface area contributed by atoms with E-state index in [1.165, 1.54) is 24.5 Å². The number of thiazole rings is 1. The molecule has 140 valence electrons. The minimum atomic E-state index is -4.17. The highest BCUT2D eigenvalue weighted by Gasteiger charge is 2.26. The van der Waals surface area contributed by atoms with Gasteiger partial charge in [0.25, 0.3) is 15.7 Å². The van der Waals surface area contributed by atoms with Crippen LogP contribution in [0.4, 0.5) is 11.4 Å². The molecule has 0 spiro atoms. The smallest absolute Gasteiger partial charge is 0.293 e. The molecule has 0 saturated carbocycles. The summed E-state index contributed by atoms with van der Waals surface area (Å²) in [6.45, 7) is 1.88. The van der Waals surface area contributed by atoms with Crippen molar-refractivity contribution in [2.24, 2.45) is 0 Å². The Kier molecular flexibility index (Phi) is 5.10. The number of hydrogen-bond acceptors (Lipinski definition) is 7. The maximum atomic E-state index is 12.7. The van der Waals surface area contributed by atoms with Gasteiger partial charge in [-0.05, 0) is 31.2 Å². The van der Waals surface area contributed by atoms with E-state index in [0.717, 1.165) is 28.4 Å². The van der Waals surface area contributed by atoms with Crippen LogP contribution in [0.15, 0.2) is 52.7 Å². The van der Waals surface area contributed by atoms with Crippen LogP contribution in [0.2, 0.25) is 0 Å². The number of benzene rings is 2. The highest BCUT2D eigenvalue weighted by molar-refractivity contribution is 7.92. The topological polar surface area (TPSA) is 111 Å². The van der Waals surface area contributed by atoms with Gasteiger partial charge in [-0.1, -0.05) is 12.1 Å². The minimum Gasteiger partial charge on any atom is -0.497 e. The predicted octanol–water partition coefficient (Wildman–Crippen LogP) is 3.84.